The van der Waals surface area contributed by atoms with Crippen LogP contribution in [0.15, 0.2) is 108 Å². The Morgan fingerprint density at radius 3 is 2.37 bits per heavy atom. The number of hydrogen-bond acceptors (Lipinski definition) is 5. The highest BCUT2D eigenvalue weighted by Gasteiger charge is 2.51. The van der Waals surface area contributed by atoms with E-state index < -0.39 is 8.07 Å². The number of para-hydroxylation sites is 1. The first kappa shape index (κ1) is 34.4. The number of methoxy groups -OCH3 is 1. The summed E-state index contributed by atoms with van der Waals surface area (Å²) in [6.45, 7) is 7.69. The second-order valence-electron chi connectivity index (χ2n) is 13.8. The molecule has 1 amide bonds. The second-order valence-corrected chi connectivity index (χ2v) is 18.5. The van der Waals surface area contributed by atoms with E-state index in [2.05, 4.69) is 49.4 Å². The number of aryl methyl sites for hydroxylation is 1. The number of aromatic amines is 1. The maximum atomic E-state index is 13.9. The third-order valence-electron chi connectivity index (χ3n) is 10.4. The molecule has 0 saturated carbocycles. The number of H-pyrrole nitrogens is 1. The van der Waals surface area contributed by atoms with Gasteiger partial charge in [0, 0.05) is 13.1 Å². The van der Waals surface area contributed by atoms with Crippen molar-refractivity contribution in [2.24, 2.45) is 5.92 Å². The minimum atomic E-state index is -2.17. The summed E-state index contributed by atoms with van der Waals surface area (Å²) in [6.07, 6.45) is 1.56. The van der Waals surface area contributed by atoms with Gasteiger partial charge in [0.25, 0.3) is 5.56 Å². The molecule has 256 valence electrons. The molecule has 5 aromatic rings. The summed E-state index contributed by atoms with van der Waals surface area (Å²) in [5.74, 6) is 1.05. The van der Waals surface area contributed by atoms with Gasteiger partial charge < -0.3 is 19.5 Å². The lowest BCUT2D eigenvalue weighted by Gasteiger charge is -2.36. The predicted molar refractivity (Wildman–Crippen MR) is 197 cm³/mol. The Balaban J connectivity index is 1.24. The highest BCUT2D eigenvalue weighted by Crippen LogP contribution is 2.46. The fourth-order valence-electron chi connectivity index (χ4n) is 7.76. The van der Waals surface area contributed by atoms with Gasteiger partial charge in [-0.1, -0.05) is 91.9 Å². The van der Waals surface area contributed by atoms with E-state index in [1.807, 2.05) is 78.9 Å². The lowest BCUT2D eigenvalue weighted by Crippen LogP contribution is -2.51. The second kappa shape index (κ2) is 15.0. The van der Waals surface area contributed by atoms with Crippen LogP contribution >= 0.6 is 0 Å². The quantitative estimate of drug-likeness (QED) is 0.148. The molecule has 2 heterocycles. The van der Waals surface area contributed by atoms with Gasteiger partial charge in [-0.15, -0.1) is 0 Å². The van der Waals surface area contributed by atoms with Crippen molar-refractivity contribution < 1.29 is 19.4 Å². The van der Waals surface area contributed by atoms with Crippen LogP contribution < -0.4 is 15.5 Å². The Hall–Kier alpha value is -4.44. The fraction of sp³-hybridized carbons (Fsp3) is 0.350. The van der Waals surface area contributed by atoms with Crippen molar-refractivity contribution in [1.29, 1.82) is 0 Å². The third kappa shape index (κ3) is 7.44. The summed E-state index contributed by atoms with van der Waals surface area (Å²) >= 11 is 0. The zero-order valence-corrected chi connectivity index (χ0v) is 29.8. The summed E-state index contributed by atoms with van der Waals surface area (Å²) in [6, 6.07) is 34.0. The average molecular weight is 678 g/mol. The number of rotatable bonds is 13. The van der Waals surface area contributed by atoms with Gasteiger partial charge in [-0.2, -0.15) is 0 Å². The van der Waals surface area contributed by atoms with Crippen molar-refractivity contribution in [3.63, 3.8) is 0 Å². The molecule has 1 fully saturated rings. The number of ether oxygens (including phenoxy) is 2. The summed E-state index contributed by atoms with van der Waals surface area (Å²) in [7, 11) is -0.492. The number of hydrogen-bond donors (Lipinski definition) is 2. The van der Waals surface area contributed by atoms with Crippen LogP contribution in [-0.2, 0) is 22.5 Å². The van der Waals surface area contributed by atoms with E-state index in [0.717, 1.165) is 40.9 Å². The molecule has 8 nitrogen and oxygen atoms in total. The van der Waals surface area contributed by atoms with Crippen molar-refractivity contribution in [2.45, 2.75) is 63.6 Å². The predicted octanol–water partition coefficient (Wildman–Crippen LogP) is 6.06. The minimum Gasteiger partial charge on any atom is -0.497 e. The maximum Gasteiger partial charge on any atom is 0.279 e. The molecule has 49 heavy (non-hydrogen) atoms. The molecule has 1 aliphatic rings. The first-order chi connectivity index (χ1) is 23.7. The number of aromatic nitrogens is 2. The van der Waals surface area contributed by atoms with Crippen molar-refractivity contribution >= 4 is 30.1 Å². The topological polar surface area (TPSA) is 96.8 Å². The fourth-order valence-corrected chi connectivity index (χ4v) is 11.8. The Kier molecular flexibility index (Phi) is 10.5. The molecular formula is C40H47N3O5Si. The average Bonchev–Trinajstić information content (AvgIpc) is 3.63. The van der Waals surface area contributed by atoms with Crippen molar-refractivity contribution in [3.8, 4) is 11.4 Å². The molecule has 2 N–H and O–H groups in total. The van der Waals surface area contributed by atoms with E-state index in [-0.39, 0.29) is 54.7 Å². The van der Waals surface area contributed by atoms with Crippen molar-refractivity contribution in [1.82, 2.24) is 14.7 Å². The molecule has 1 aliphatic heterocycles. The number of carbonyl (C=O) groups is 1. The number of benzene rings is 4. The van der Waals surface area contributed by atoms with Crippen molar-refractivity contribution in [2.75, 3.05) is 20.3 Å². The monoisotopic (exact) mass is 677 g/mol. The molecule has 1 aromatic heterocycles. The van der Waals surface area contributed by atoms with Gasteiger partial charge in [-0.05, 0) is 71.8 Å². The molecule has 4 aromatic carbocycles. The van der Waals surface area contributed by atoms with Gasteiger partial charge in [0.1, 0.15) is 5.75 Å². The smallest absolute Gasteiger partial charge is 0.279 e. The maximum absolute atomic E-state index is 13.9. The molecule has 6 rings (SSSR count). The van der Waals surface area contributed by atoms with Crippen LogP contribution in [0, 0.1) is 5.92 Å². The number of carbonyl (C=O) groups excluding carboxylic acids is 1. The largest absolute Gasteiger partial charge is 0.497 e. The molecule has 1 saturated heterocycles. The number of amides is 1. The van der Waals surface area contributed by atoms with E-state index in [9.17, 15) is 14.7 Å². The number of nitrogens with zero attached hydrogens (tertiary/aromatic N) is 2. The lowest BCUT2D eigenvalue weighted by atomic mass is 9.95. The molecule has 0 bridgehead atoms. The third-order valence-corrected chi connectivity index (χ3v) is 14.7. The van der Waals surface area contributed by atoms with E-state index in [1.54, 1.807) is 16.7 Å². The molecule has 0 spiro atoms. The Bertz CT molecular complexity index is 1920. The Labute approximate surface area is 289 Å². The molecule has 0 aliphatic carbocycles. The van der Waals surface area contributed by atoms with Crippen LogP contribution in [0.4, 0.5) is 0 Å². The standard InChI is InChI=1S/C40H47N3O5Si/c1-28-36(22-17-29-13-10-14-31(25-29)43-40(46)34-15-8-9-16-35(34)41-43)48-37(39(28)49(3,4)33-20-18-32(47-2)19-21-33)26-38(45)42(23-24-44)27-30-11-6-5-7-12-30/h5-16,18-21,25,28,36-37,39,41,44H,17,22-24,26-27H2,1-4H3/t28-,36+,37-,39+/m1/s1. The van der Waals surface area contributed by atoms with Gasteiger partial charge in [0.2, 0.25) is 5.91 Å². The van der Waals surface area contributed by atoms with Gasteiger partial charge in [-0.3, -0.25) is 14.7 Å². The van der Waals surface area contributed by atoms with Crippen LogP contribution in [0.1, 0.15) is 30.9 Å². The zero-order valence-electron chi connectivity index (χ0n) is 28.8. The van der Waals surface area contributed by atoms with Gasteiger partial charge in [0.15, 0.2) is 0 Å². The van der Waals surface area contributed by atoms with Crippen LogP contribution in [0.25, 0.3) is 16.6 Å². The van der Waals surface area contributed by atoms with Crippen LogP contribution in [0.3, 0.4) is 0 Å². The zero-order chi connectivity index (χ0) is 34.5. The van der Waals surface area contributed by atoms with E-state index in [0.29, 0.717) is 11.9 Å². The highest BCUT2D eigenvalue weighted by atomic mass is 28.3. The van der Waals surface area contributed by atoms with Gasteiger partial charge in [-0.25, -0.2) is 4.68 Å². The number of aliphatic hydroxyl groups is 1. The Morgan fingerprint density at radius 1 is 0.939 bits per heavy atom. The van der Waals surface area contributed by atoms with Crippen LogP contribution in [0.2, 0.25) is 18.6 Å². The molecule has 0 unspecified atom stereocenters. The normalized spacial score (nSPS) is 19.3. The van der Waals surface area contributed by atoms with Crippen LogP contribution in [0.5, 0.6) is 5.75 Å². The number of nitrogens with one attached hydrogen (secondary N) is 1. The Morgan fingerprint density at radius 2 is 1.65 bits per heavy atom. The molecule has 9 heteroatoms. The van der Waals surface area contributed by atoms with E-state index in [1.165, 1.54) is 5.19 Å². The summed E-state index contributed by atoms with van der Waals surface area (Å²) in [5.41, 5.74) is 3.89. The highest BCUT2D eigenvalue weighted by molar-refractivity contribution is 6.91. The van der Waals surface area contributed by atoms with Gasteiger partial charge >= 0.3 is 0 Å². The summed E-state index contributed by atoms with van der Waals surface area (Å²) in [4.78, 5) is 28.8. The number of aliphatic hydroxyl groups excluding tert-OH is 1. The van der Waals surface area contributed by atoms with Crippen LogP contribution in [-0.4, -0.2) is 66.2 Å². The SMILES string of the molecule is COc1ccc([Si](C)(C)[C@H]2[C@H](C)[C@H](CCc3cccc(-n4[nH]c5ccccc5c4=O)c3)O[C@@H]2CC(=O)N(CCO)Cc2ccccc2)cc1. The van der Waals surface area contributed by atoms with E-state index >= 15 is 0 Å². The summed E-state index contributed by atoms with van der Waals surface area (Å²) in [5, 5.41) is 15.1. The van der Waals surface area contributed by atoms with Gasteiger partial charge in [0.05, 0.1) is 57.0 Å². The van der Waals surface area contributed by atoms with E-state index in [4.69, 9.17) is 9.47 Å². The molecular weight excluding hydrogens is 631 g/mol. The van der Waals surface area contributed by atoms with Crippen molar-refractivity contribution in [3.05, 3.63) is 125 Å². The first-order valence-electron chi connectivity index (χ1n) is 17.2. The first-order valence-corrected chi connectivity index (χ1v) is 20.3. The molecule has 0 radical (unpaired) electrons. The summed E-state index contributed by atoms with van der Waals surface area (Å²) < 4.78 is 14.0. The lowest BCUT2D eigenvalue weighted by molar-refractivity contribution is -0.135. The number of fused-ring (bicyclic) bond motifs is 1. The molecule has 4 atom stereocenters. The minimum absolute atomic E-state index is 0.00300.